The first-order valence-corrected chi connectivity index (χ1v) is 5.07. The molecule has 0 spiro atoms. The predicted molar refractivity (Wildman–Crippen MR) is 54.4 cm³/mol. The Balaban J connectivity index is 2.33. The monoisotopic (exact) mass is 187 g/mol. The molecule has 1 aliphatic carbocycles. The van der Waals surface area contributed by atoms with Crippen LogP contribution in [0.2, 0.25) is 0 Å². The lowest BCUT2D eigenvalue weighted by atomic mass is 10.3. The van der Waals surface area contributed by atoms with Gasteiger partial charge in [0.15, 0.2) is 5.65 Å². The summed E-state index contributed by atoms with van der Waals surface area (Å²) in [6.07, 6.45) is 6.66. The average molecular weight is 187 g/mol. The molecule has 0 amide bonds. The number of aromatic nitrogens is 3. The predicted octanol–water partition coefficient (Wildman–Crippen LogP) is 2.22. The van der Waals surface area contributed by atoms with Gasteiger partial charge in [-0.05, 0) is 26.7 Å². The highest BCUT2D eigenvalue weighted by Gasteiger charge is 2.28. The minimum absolute atomic E-state index is 0.666. The van der Waals surface area contributed by atoms with Gasteiger partial charge in [-0.2, -0.15) is 0 Å². The van der Waals surface area contributed by atoms with Crippen LogP contribution in [0.25, 0.3) is 5.65 Å². The molecule has 72 valence electrons. The van der Waals surface area contributed by atoms with Crippen LogP contribution in [-0.4, -0.2) is 14.4 Å². The molecule has 1 saturated carbocycles. The third-order valence-corrected chi connectivity index (χ3v) is 2.67. The summed E-state index contributed by atoms with van der Waals surface area (Å²) < 4.78 is 2.10. The number of rotatable bonds is 1. The van der Waals surface area contributed by atoms with Gasteiger partial charge >= 0.3 is 0 Å². The summed E-state index contributed by atoms with van der Waals surface area (Å²) in [5.41, 5.74) is 4.39. The first kappa shape index (κ1) is 7.97. The van der Waals surface area contributed by atoms with Gasteiger partial charge in [0.2, 0.25) is 0 Å². The first-order valence-electron chi connectivity index (χ1n) is 5.07. The van der Waals surface area contributed by atoms with Crippen molar-refractivity contribution in [1.82, 2.24) is 14.4 Å². The number of fused-ring (bicyclic) bond motifs is 1. The van der Waals surface area contributed by atoms with Crippen molar-refractivity contribution in [3.63, 3.8) is 0 Å². The van der Waals surface area contributed by atoms with Crippen molar-refractivity contribution in [2.45, 2.75) is 32.6 Å². The first-order chi connectivity index (χ1) is 6.74. The summed E-state index contributed by atoms with van der Waals surface area (Å²) in [6, 6.07) is 0. The van der Waals surface area contributed by atoms with Crippen LogP contribution in [0.3, 0.4) is 0 Å². The van der Waals surface area contributed by atoms with E-state index >= 15 is 0 Å². The molecule has 0 radical (unpaired) electrons. The fourth-order valence-electron chi connectivity index (χ4n) is 1.90. The number of imidazole rings is 1. The van der Waals surface area contributed by atoms with E-state index in [1.54, 1.807) is 0 Å². The van der Waals surface area contributed by atoms with Gasteiger partial charge in [-0.25, -0.2) is 4.98 Å². The minimum Gasteiger partial charge on any atom is -0.303 e. The Morgan fingerprint density at radius 2 is 1.79 bits per heavy atom. The summed E-state index contributed by atoms with van der Waals surface area (Å²) >= 11 is 0. The summed E-state index contributed by atoms with van der Waals surface area (Å²) in [5, 5.41) is 0. The third-order valence-electron chi connectivity index (χ3n) is 2.67. The van der Waals surface area contributed by atoms with Gasteiger partial charge in [0.05, 0.1) is 17.1 Å². The molecule has 14 heavy (non-hydrogen) atoms. The molecule has 0 aromatic carbocycles. The van der Waals surface area contributed by atoms with E-state index in [0.717, 1.165) is 17.0 Å². The van der Waals surface area contributed by atoms with Gasteiger partial charge in [0.1, 0.15) is 0 Å². The Bertz CT molecular complexity index is 494. The lowest BCUT2D eigenvalue weighted by Crippen LogP contribution is -1.97. The Morgan fingerprint density at radius 1 is 1.14 bits per heavy atom. The Hall–Kier alpha value is -1.38. The largest absolute Gasteiger partial charge is 0.303 e. The second-order valence-electron chi connectivity index (χ2n) is 4.15. The van der Waals surface area contributed by atoms with Gasteiger partial charge in [-0.15, -0.1) is 0 Å². The van der Waals surface area contributed by atoms with Gasteiger partial charge in [0.25, 0.3) is 0 Å². The van der Waals surface area contributed by atoms with E-state index in [9.17, 15) is 0 Å². The fourth-order valence-corrected chi connectivity index (χ4v) is 1.90. The molecule has 0 unspecified atom stereocenters. The SMILES string of the molecule is Cc1cn2cc(C)nc2c(C2CC2)n1. The zero-order chi connectivity index (χ0) is 9.71. The molecule has 0 bridgehead atoms. The molecule has 2 heterocycles. The molecule has 0 atom stereocenters. The summed E-state index contributed by atoms with van der Waals surface area (Å²) in [5.74, 6) is 0.666. The highest BCUT2D eigenvalue weighted by Crippen LogP contribution is 2.40. The smallest absolute Gasteiger partial charge is 0.159 e. The van der Waals surface area contributed by atoms with E-state index in [2.05, 4.69) is 20.6 Å². The van der Waals surface area contributed by atoms with Crippen molar-refractivity contribution >= 4 is 5.65 Å². The summed E-state index contributed by atoms with van der Waals surface area (Å²) in [6.45, 7) is 4.07. The fraction of sp³-hybridized carbons (Fsp3) is 0.455. The molecule has 3 rings (SSSR count). The molecule has 0 N–H and O–H groups in total. The van der Waals surface area contributed by atoms with Crippen molar-refractivity contribution in [1.29, 1.82) is 0 Å². The van der Waals surface area contributed by atoms with E-state index < -0.39 is 0 Å². The van der Waals surface area contributed by atoms with Crippen LogP contribution in [0.5, 0.6) is 0 Å². The van der Waals surface area contributed by atoms with Crippen LogP contribution in [0, 0.1) is 13.8 Å². The zero-order valence-corrected chi connectivity index (χ0v) is 8.49. The molecule has 3 heteroatoms. The van der Waals surface area contributed by atoms with Gasteiger partial charge in [-0.3, -0.25) is 4.98 Å². The van der Waals surface area contributed by atoms with Crippen molar-refractivity contribution in [2.75, 3.05) is 0 Å². The zero-order valence-electron chi connectivity index (χ0n) is 8.49. The highest BCUT2D eigenvalue weighted by atomic mass is 15.0. The summed E-state index contributed by atoms with van der Waals surface area (Å²) in [4.78, 5) is 9.11. The van der Waals surface area contributed by atoms with Crippen LogP contribution in [-0.2, 0) is 0 Å². The van der Waals surface area contributed by atoms with Crippen LogP contribution < -0.4 is 0 Å². The molecule has 2 aromatic rings. The van der Waals surface area contributed by atoms with Crippen molar-refractivity contribution in [3.8, 4) is 0 Å². The Morgan fingerprint density at radius 3 is 2.43 bits per heavy atom. The number of aryl methyl sites for hydroxylation is 2. The minimum atomic E-state index is 0.666. The maximum atomic E-state index is 4.59. The molecule has 1 fully saturated rings. The molecule has 1 aliphatic rings. The quantitative estimate of drug-likeness (QED) is 0.685. The van der Waals surface area contributed by atoms with Crippen molar-refractivity contribution < 1.29 is 0 Å². The second kappa shape index (κ2) is 2.56. The van der Waals surface area contributed by atoms with Crippen molar-refractivity contribution in [2.24, 2.45) is 0 Å². The Kier molecular flexibility index (Phi) is 1.46. The van der Waals surface area contributed by atoms with Gasteiger partial charge < -0.3 is 4.40 Å². The van der Waals surface area contributed by atoms with Gasteiger partial charge in [-0.1, -0.05) is 0 Å². The topological polar surface area (TPSA) is 30.2 Å². The van der Waals surface area contributed by atoms with Crippen molar-refractivity contribution in [3.05, 3.63) is 29.5 Å². The molecular weight excluding hydrogens is 174 g/mol. The number of hydrogen-bond acceptors (Lipinski definition) is 2. The maximum Gasteiger partial charge on any atom is 0.159 e. The van der Waals surface area contributed by atoms with E-state index in [1.165, 1.54) is 18.5 Å². The van der Waals surface area contributed by atoms with Crippen LogP contribution >= 0.6 is 0 Å². The van der Waals surface area contributed by atoms with Crippen LogP contribution in [0.15, 0.2) is 12.4 Å². The third kappa shape index (κ3) is 1.12. The highest BCUT2D eigenvalue weighted by molar-refractivity contribution is 5.48. The van der Waals surface area contributed by atoms with E-state index in [-0.39, 0.29) is 0 Å². The molecular formula is C11H13N3. The maximum absolute atomic E-state index is 4.59. The Labute approximate surface area is 82.8 Å². The number of nitrogens with zero attached hydrogens (tertiary/aromatic N) is 3. The van der Waals surface area contributed by atoms with Crippen LogP contribution in [0.4, 0.5) is 0 Å². The van der Waals surface area contributed by atoms with E-state index in [0.29, 0.717) is 5.92 Å². The van der Waals surface area contributed by atoms with E-state index in [1.807, 2.05) is 20.0 Å². The lowest BCUT2D eigenvalue weighted by molar-refractivity contribution is 0.952. The van der Waals surface area contributed by atoms with Gasteiger partial charge in [0, 0.05) is 18.3 Å². The molecule has 0 saturated heterocycles. The molecule has 0 aliphatic heterocycles. The normalized spacial score (nSPS) is 16.4. The lowest BCUT2D eigenvalue weighted by Gasteiger charge is -2.02. The van der Waals surface area contributed by atoms with Crippen LogP contribution in [0.1, 0.15) is 35.8 Å². The molecule has 2 aromatic heterocycles. The number of hydrogen-bond donors (Lipinski definition) is 0. The van der Waals surface area contributed by atoms with E-state index in [4.69, 9.17) is 0 Å². The molecule has 3 nitrogen and oxygen atoms in total. The standard InChI is InChI=1S/C11H13N3/c1-7-5-14-6-8(2)13-11(14)10(12-7)9-3-4-9/h5-6,9H,3-4H2,1-2H3. The summed E-state index contributed by atoms with van der Waals surface area (Å²) in [7, 11) is 0. The average Bonchev–Trinajstić information content (AvgIpc) is 2.87. The second-order valence-corrected chi connectivity index (χ2v) is 4.15.